The average molecular weight is 389 g/mol. The van der Waals surface area contributed by atoms with Gasteiger partial charge in [-0.3, -0.25) is 4.79 Å². The van der Waals surface area contributed by atoms with Crippen molar-refractivity contribution in [2.75, 3.05) is 33.6 Å². The van der Waals surface area contributed by atoms with Gasteiger partial charge in [-0.25, -0.2) is 0 Å². The predicted molar refractivity (Wildman–Crippen MR) is 105 cm³/mol. The summed E-state index contributed by atoms with van der Waals surface area (Å²) in [4.78, 5) is 14.3. The number of ether oxygens (including phenoxy) is 3. The monoisotopic (exact) mass is 389 g/mol. The van der Waals surface area contributed by atoms with Gasteiger partial charge in [0.25, 0.3) is 0 Å². The van der Waals surface area contributed by atoms with Gasteiger partial charge in [0, 0.05) is 12.1 Å². The van der Waals surface area contributed by atoms with Gasteiger partial charge in [-0.05, 0) is 36.2 Å². The van der Waals surface area contributed by atoms with Crippen LogP contribution in [0.4, 0.5) is 0 Å². The number of carbonyl (C=O) groups is 1. The summed E-state index contributed by atoms with van der Waals surface area (Å²) in [6.45, 7) is 0.582. The van der Waals surface area contributed by atoms with Crippen molar-refractivity contribution in [1.29, 1.82) is 0 Å². The maximum atomic E-state index is 12.5. The summed E-state index contributed by atoms with van der Waals surface area (Å²) in [5, 5.41) is 9.27. The largest absolute Gasteiger partial charge is 0.508 e. The van der Waals surface area contributed by atoms with Crippen LogP contribution in [0.15, 0.2) is 36.4 Å². The van der Waals surface area contributed by atoms with E-state index in [1.807, 2.05) is 29.2 Å². The third kappa shape index (κ3) is 3.93. The summed E-state index contributed by atoms with van der Waals surface area (Å²) >= 11 is 1.57. The van der Waals surface area contributed by atoms with E-state index in [2.05, 4.69) is 0 Å². The van der Waals surface area contributed by atoms with E-state index in [1.54, 1.807) is 45.2 Å². The van der Waals surface area contributed by atoms with Crippen LogP contribution in [-0.4, -0.2) is 49.5 Å². The molecule has 144 valence electrons. The Hall–Kier alpha value is -2.54. The van der Waals surface area contributed by atoms with E-state index in [9.17, 15) is 9.90 Å². The first-order valence-corrected chi connectivity index (χ1v) is 9.61. The van der Waals surface area contributed by atoms with Gasteiger partial charge < -0.3 is 24.2 Å². The highest BCUT2D eigenvalue weighted by Gasteiger charge is 2.35. The molecule has 1 fully saturated rings. The van der Waals surface area contributed by atoms with Crippen molar-refractivity contribution in [2.45, 2.75) is 11.8 Å². The highest BCUT2D eigenvalue weighted by atomic mass is 32.2. The minimum atomic E-state index is -0.149. The Morgan fingerprint density at radius 1 is 1.04 bits per heavy atom. The van der Waals surface area contributed by atoms with E-state index in [0.717, 1.165) is 11.1 Å². The average Bonchev–Trinajstić information content (AvgIpc) is 3.06. The topological polar surface area (TPSA) is 68.2 Å². The van der Waals surface area contributed by atoms with Gasteiger partial charge in [-0.15, -0.1) is 11.8 Å². The zero-order valence-electron chi connectivity index (χ0n) is 15.6. The van der Waals surface area contributed by atoms with Crippen molar-refractivity contribution in [1.82, 2.24) is 4.90 Å². The van der Waals surface area contributed by atoms with Crippen molar-refractivity contribution < 1.29 is 24.1 Å². The highest BCUT2D eigenvalue weighted by molar-refractivity contribution is 8.00. The molecule has 0 aliphatic carbocycles. The number of phenols is 1. The maximum absolute atomic E-state index is 12.5. The number of phenolic OH excluding ortho intramolecular Hbond substituents is 1. The predicted octanol–water partition coefficient (Wildman–Crippen LogP) is 3.23. The lowest BCUT2D eigenvalue weighted by atomic mass is 10.1. The summed E-state index contributed by atoms with van der Waals surface area (Å²) in [5.74, 6) is 2.45. The molecular formula is C20H23NO5S. The Bertz CT molecular complexity index is 809. The molecule has 1 amide bonds. The Morgan fingerprint density at radius 3 is 2.37 bits per heavy atom. The summed E-state index contributed by atoms with van der Waals surface area (Å²) in [7, 11) is 4.73. The zero-order chi connectivity index (χ0) is 19.4. The Balaban J connectivity index is 1.86. The number of amides is 1. The van der Waals surface area contributed by atoms with Crippen molar-refractivity contribution in [3.8, 4) is 23.0 Å². The molecule has 1 heterocycles. The van der Waals surface area contributed by atoms with Gasteiger partial charge in [-0.1, -0.05) is 12.1 Å². The van der Waals surface area contributed by atoms with Crippen LogP contribution < -0.4 is 14.2 Å². The molecule has 1 aliphatic heterocycles. The highest BCUT2D eigenvalue weighted by Crippen LogP contribution is 2.48. The SMILES string of the molecule is COc1ccc(C2SCC(=O)N2CCc2ccc(O)cc2)c(OC)c1OC. The van der Waals surface area contributed by atoms with Crippen molar-refractivity contribution in [3.05, 3.63) is 47.5 Å². The second kappa shape index (κ2) is 8.43. The molecule has 27 heavy (non-hydrogen) atoms. The second-order valence-electron chi connectivity index (χ2n) is 6.09. The number of methoxy groups -OCH3 is 3. The molecule has 2 aromatic rings. The van der Waals surface area contributed by atoms with Gasteiger partial charge >= 0.3 is 0 Å². The fourth-order valence-electron chi connectivity index (χ4n) is 3.18. The summed E-state index contributed by atoms with van der Waals surface area (Å²) in [6.07, 6.45) is 0.707. The molecule has 1 atom stereocenters. The van der Waals surface area contributed by atoms with Crippen LogP contribution in [0.3, 0.4) is 0 Å². The maximum Gasteiger partial charge on any atom is 0.233 e. The Labute approximate surface area is 163 Å². The second-order valence-corrected chi connectivity index (χ2v) is 7.16. The molecule has 0 saturated carbocycles. The fraction of sp³-hybridized carbons (Fsp3) is 0.350. The number of thioether (sulfide) groups is 1. The first kappa shape index (κ1) is 19.2. The molecule has 1 unspecified atom stereocenters. The lowest BCUT2D eigenvalue weighted by molar-refractivity contribution is -0.128. The molecule has 0 aromatic heterocycles. The summed E-state index contributed by atoms with van der Waals surface area (Å²) in [5.41, 5.74) is 1.95. The van der Waals surface area contributed by atoms with Crippen LogP contribution in [0.25, 0.3) is 0 Å². The van der Waals surface area contributed by atoms with Crippen molar-refractivity contribution in [2.24, 2.45) is 0 Å². The molecule has 0 radical (unpaired) electrons. The van der Waals surface area contributed by atoms with Crippen LogP contribution in [0.2, 0.25) is 0 Å². The molecule has 6 nitrogen and oxygen atoms in total. The van der Waals surface area contributed by atoms with Crippen LogP contribution >= 0.6 is 11.8 Å². The molecule has 7 heteroatoms. The number of aromatic hydroxyl groups is 1. The van der Waals surface area contributed by atoms with Crippen molar-refractivity contribution in [3.63, 3.8) is 0 Å². The van der Waals surface area contributed by atoms with Gasteiger partial charge in [-0.2, -0.15) is 0 Å². The first-order chi connectivity index (χ1) is 13.1. The van der Waals surface area contributed by atoms with Crippen LogP contribution in [0.1, 0.15) is 16.5 Å². The van der Waals surface area contributed by atoms with Gasteiger partial charge in [0.15, 0.2) is 11.5 Å². The fourth-order valence-corrected chi connectivity index (χ4v) is 4.42. The molecule has 0 bridgehead atoms. The lowest BCUT2D eigenvalue weighted by Crippen LogP contribution is -2.30. The quantitative estimate of drug-likeness (QED) is 0.784. The van der Waals surface area contributed by atoms with E-state index >= 15 is 0 Å². The molecule has 2 aromatic carbocycles. The number of hydrogen-bond donors (Lipinski definition) is 1. The summed E-state index contributed by atoms with van der Waals surface area (Å²) < 4.78 is 16.4. The number of nitrogens with zero attached hydrogens (tertiary/aromatic N) is 1. The standard InChI is InChI=1S/C20H23NO5S/c1-24-16-9-8-15(18(25-2)19(16)26-3)20-21(17(23)12-27-20)11-10-13-4-6-14(22)7-5-13/h4-9,20,22H,10-12H2,1-3H3. The molecule has 1 N–H and O–H groups in total. The van der Waals surface area contributed by atoms with E-state index in [4.69, 9.17) is 14.2 Å². The minimum absolute atomic E-state index is 0.0978. The molecular weight excluding hydrogens is 366 g/mol. The number of rotatable bonds is 7. The van der Waals surface area contributed by atoms with Crippen LogP contribution in [0.5, 0.6) is 23.0 Å². The van der Waals surface area contributed by atoms with Crippen LogP contribution in [-0.2, 0) is 11.2 Å². The number of benzene rings is 2. The van der Waals surface area contributed by atoms with Gasteiger partial charge in [0.2, 0.25) is 11.7 Å². The molecule has 1 aliphatic rings. The first-order valence-electron chi connectivity index (χ1n) is 8.57. The van der Waals surface area contributed by atoms with Gasteiger partial charge in [0.1, 0.15) is 11.1 Å². The molecule has 3 rings (SSSR count). The third-order valence-electron chi connectivity index (χ3n) is 4.55. The normalized spacial score (nSPS) is 16.5. The smallest absolute Gasteiger partial charge is 0.233 e. The van der Waals surface area contributed by atoms with Crippen molar-refractivity contribution >= 4 is 17.7 Å². The minimum Gasteiger partial charge on any atom is -0.508 e. The van der Waals surface area contributed by atoms with E-state index in [0.29, 0.717) is 36.0 Å². The number of carbonyl (C=O) groups excluding carboxylic acids is 1. The van der Waals surface area contributed by atoms with Crippen LogP contribution in [0, 0.1) is 0 Å². The van der Waals surface area contributed by atoms with E-state index in [1.165, 1.54) is 0 Å². The van der Waals surface area contributed by atoms with E-state index < -0.39 is 0 Å². The lowest BCUT2D eigenvalue weighted by Gasteiger charge is -2.26. The van der Waals surface area contributed by atoms with Gasteiger partial charge in [0.05, 0.1) is 27.1 Å². The number of hydrogen-bond acceptors (Lipinski definition) is 6. The zero-order valence-corrected chi connectivity index (χ0v) is 16.4. The Kier molecular flexibility index (Phi) is 6.01. The summed E-state index contributed by atoms with van der Waals surface area (Å²) in [6, 6.07) is 10.8. The van der Waals surface area contributed by atoms with E-state index in [-0.39, 0.29) is 17.0 Å². The Morgan fingerprint density at radius 2 is 1.74 bits per heavy atom. The molecule has 1 saturated heterocycles. The third-order valence-corrected chi connectivity index (χ3v) is 5.78. The molecule has 0 spiro atoms.